The Hall–Kier alpha value is -2.24. The fraction of sp³-hybridized carbons (Fsp3) is 0.467. The summed E-state index contributed by atoms with van der Waals surface area (Å²) in [5, 5.41) is 0. The van der Waals surface area contributed by atoms with Crippen LogP contribution in [-0.4, -0.2) is 40.2 Å². The van der Waals surface area contributed by atoms with E-state index in [0.717, 1.165) is 0 Å². The molecule has 116 valence electrons. The maximum Gasteiger partial charge on any atom is 0.305 e. The Morgan fingerprint density at radius 3 is 2.38 bits per heavy atom. The van der Waals surface area contributed by atoms with Gasteiger partial charge in [-0.05, 0) is 25.0 Å². The quantitative estimate of drug-likeness (QED) is 0.395. The Balaban J connectivity index is 2.64. The van der Waals surface area contributed by atoms with Gasteiger partial charge in [-0.15, -0.1) is 0 Å². The minimum absolute atomic E-state index is 0.239. The highest BCUT2D eigenvalue weighted by atomic mass is 16.5. The Morgan fingerprint density at radius 2 is 1.81 bits per heavy atom. The topological polar surface area (TPSA) is 71.1 Å². The lowest BCUT2D eigenvalue weighted by Gasteiger charge is -2.14. The van der Waals surface area contributed by atoms with E-state index in [0.29, 0.717) is 55.0 Å². The predicted molar refractivity (Wildman–Crippen MR) is 76.3 cm³/mol. The van der Waals surface area contributed by atoms with Crippen LogP contribution in [0.3, 0.4) is 0 Å². The summed E-state index contributed by atoms with van der Waals surface area (Å²) in [6.07, 6.45) is 2.42. The number of carbonyl (C=O) groups excluding carboxylic acids is 2. The van der Waals surface area contributed by atoms with E-state index in [4.69, 9.17) is 14.2 Å². The maximum atomic E-state index is 11.0. The Morgan fingerprint density at radius 1 is 1.10 bits per heavy atom. The van der Waals surface area contributed by atoms with Crippen molar-refractivity contribution in [1.82, 2.24) is 0 Å². The summed E-state index contributed by atoms with van der Waals surface area (Å²) in [5.41, 5.74) is 0.442. The van der Waals surface area contributed by atoms with Gasteiger partial charge >= 0.3 is 5.97 Å². The Kier molecular flexibility index (Phi) is 7.08. The molecule has 21 heavy (non-hydrogen) atoms. The van der Waals surface area contributed by atoms with Gasteiger partial charge in [-0.25, -0.2) is 0 Å². The fourth-order valence-electron chi connectivity index (χ4n) is 1.78. The number of carbonyl (C=O) groups is 2. The summed E-state index contributed by atoms with van der Waals surface area (Å²) in [5.74, 6) is 1.08. The van der Waals surface area contributed by atoms with Crippen LogP contribution in [0.5, 0.6) is 17.2 Å². The van der Waals surface area contributed by atoms with E-state index in [2.05, 4.69) is 4.74 Å². The van der Waals surface area contributed by atoms with Gasteiger partial charge < -0.3 is 18.9 Å². The van der Waals surface area contributed by atoms with Crippen LogP contribution < -0.4 is 14.2 Å². The maximum absolute atomic E-state index is 11.0. The molecule has 0 aliphatic rings. The molecule has 1 rings (SSSR count). The Labute approximate surface area is 123 Å². The zero-order chi connectivity index (χ0) is 15.7. The largest absolute Gasteiger partial charge is 0.493 e. The summed E-state index contributed by atoms with van der Waals surface area (Å²) >= 11 is 0. The number of ether oxygens (including phenoxy) is 4. The van der Waals surface area contributed by atoms with Crippen molar-refractivity contribution in [3.63, 3.8) is 0 Å². The van der Waals surface area contributed by atoms with Crippen molar-refractivity contribution in [2.45, 2.75) is 19.3 Å². The van der Waals surface area contributed by atoms with Crippen molar-refractivity contribution in [3.8, 4) is 17.2 Å². The number of methoxy groups -OCH3 is 3. The lowest BCUT2D eigenvalue weighted by Crippen LogP contribution is -2.04. The molecule has 0 amide bonds. The zero-order valence-corrected chi connectivity index (χ0v) is 12.5. The van der Waals surface area contributed by atoms with Crippen molar-refractivity contribution in [2.75, 3.05) is 27.9 Å². The van der Waals surface area contributed by atoms with Gasteiger partial charge in [0.15, 0.2) is 11.5 Å². The van der Waals surface area contributed by atoms with Gasteiger partial charge in [-0.3, -0.25) is 9.59 Å². The molecule has 6 heteroatoms. The van der Waals surface area contributed by atoms with Crippen LogP contribution in [0.4, 0.5) is 0 Å². The van der Waals surface area contributed by atoms with Gasteiger partial charge in [0.1, 0.15) is 6.29 Å². The van der Waals surface area contributed by atoms with Gasteiger partial charge in [0.25, 0.3) is 0 Å². The second-order valence-corrected chi connectivity index (χ2v) is 4.25. The van der Waals surface area contributed by atoms with Gasteiger partial charge in [-0.1, -0.05) is 0 Å². The minimum Gasteiger partial charge on any atom is -0.493 e. The number of hydrogen-bond donors (Lipinski definition) is 0. The monoisotopic (exact) mass is 296 g/mol. The number of hydrogen-bond acceptors (Lipinski definition) is 6. The van der Waals surface area contributed by atoms with E-state index in [1.165, 1.54) is 21.3 Å². The molecule has 0 aromatic heterocycles. The lowest BCUT2D eigenvalue weighted by atomic mass is 10.2. The summed E-state index contributed by atoms with van der Waals surface area (Å²) in [4.78, 5) is 21.9. The van der Waals surface area contributed by atoms with Crippen LogP contribution in [0.25, 0.3) is 0 Å². The van der Waals surface area contributed by atoms with Crippen molar-refractivity contribution in [1.29, 1.82) is 0 Å². The van der Waals surface area contributed by atoms with Crippen molar-refractivity contribution >= 4 is 12.3 Å². The highest BCUT2D eigenvalue weighted by molar-refractivity contribution is 5.78. The fourth-order valence-corrected chi connectivity index (χ4v) is 1.78. The summed E-state index contributed by atoms with van der Waals surface area (Å²) in [6, 6.07) is 3.17. The van der Waals surface area contributed by atoms with E-state index in [1.54, 1.807) is 12.1 Å². The zero-order valence-electron chi connectivity index (χ0n) is 12.5. The van der Waals surface area contributed by atoms with Gasteiger partial charge in [0.2, 0.25) is 5.75 Å². The predicted octanol–water partition coefficient (Wildman–Crippen LogP) is 2.24. The summed E-state index contributed by atoms with van der Waals surface area (Å²) in [7, 11) is 4.36. The molecule has 0 aliphatic carbocycles. The highest BCUT2D eigenvalue weighted by Gasteiger charge is 2.13. The normalized spacial score (nSPS) is 9.86. The van der Waals surface area contributed by atoms with E-state index in [1.807, 2.05) is 0 Å². The van der Waals surface area contributed by atoms with Gasteiger partial charge in [0, 0.05) is 12.0 Å². The molecule has 1 aromatic rings. The molecule has 0 radical (unpaired) electrons. The molecule has 0 aliphatic heterocycles. The molecule has 0 spiro atoms. The molecule has 1 aromatic carbocycles. The first-order valence-electron chi connectivity index (χ1n) is 6.57. The van der Waals surface area contributed by atoms with Crippen LogP contribution in [0.1, 0.15) is 29.6 Å². The molecular weight excluding hydrogens is 276 g/mol. The summed E-state index contributed by atoms with van der Waals surface area (Å²) < 4.78 is 20.6. The first kappa shape index (κ1) is 16.8. The lowest BCUT2D eigenvalue weighted by molar-refractivity contribution is -0.140. The number of benzene rings is 1. The number of unbranched alkanes of at least 4 members (excludes halogenated alkanes) is 1. The van der Waals surface area contributed by atoms with Crippen LogP contribution in [0, 0.1) is 0 Å². The molecule has 0 saturated carbocycles. The average Bonchev–Trinajstić information content (AvgIpc) is 2.53. The average molecular weight is 296 g/mol. The van der Waals surface area contributed by atoms with Gasteiger partial charge in [0.05, 0.1) is 27.9 Å². The third-order valence-electron chi connectivity index (χ3n) is 2.86. The number of rotatable bonds is 9. The molecule has 0 saturated heterocycles. The van der Waals surface area contributed by atoms with Crippen LogP contribution in [-0.2, 0) is 9.53 Å². The number of aldehydes is 1. The van der Waals surface area contributed by atoms with E-state index < -0.39 is 0 Å². The molecule has 0 unspecified atom stereocenters. The molecule has 0 heterocycles. The van der Waals surface area contributed by atoms with E-state index in [9.17, 15) is 9.59 Å². The van der Waals surface area contributed by atoms with Crippen molar-refractivity contribution in [2.24, 2.45) is 0 Å². The second kappa shape index (κ2) is 8.84. The van der Waals surface area contributed by atoms with Crippen LogP contribution in [0.15, 0.2) is 12.1 Å². The first-order chi connectivity index (χ1) is 10.2. The number of esters is 1. The summed E-state index contributed by atoms with van der Waals surface area (Å²) in [6.45, 7) is 0.402. The first-order valence-corrected chi connectivity index (χ1v) is 6.57. The standard InChI is InChI=1S/C15H20O6/c1-18-12-8-11(10-16)9-13(15(12)20-3)21-7-5-4-6-14(17)19-2/h8-10H,4-7H2,1-3H3. The molecule has 6 nitrogen and oxygen atoms in total. The van der Waals surface area contributed by atoms with Crippen LogP contribution >= 0.6 is 0 Å². The molecule has 0 bridgehead atoms. The smallest absolute Gasteiger partial charge is 0.305 e. The molecule has 0 N–H and O–H groups in total. The molecular formula is C15H20O6. The molecule has 0 atom stereocenters. The second-order valence-electron chi connectivity index (χ2n) is 4.25. The Bertz CT molecular complexity index is 483. The third kappa shape index (κ3) is 4.98. The van der Waals surface area contributed by atoms with E-state index >= 15 is 0 Å². The molecule has 0 fully saturated rings. The van der Waals surface area contributed by atoms with Gasteiger partial charge in [-0.2, -0.15) is 0 Å². The van der Waals surface area contributed by atoms with Crippen molar-refractivity contribution in [3.05, 3.63) is 17.7 Å². The van der Waals surface area contributed by atoms with Crippen molar-refractivity contribution < 1.29 is 28.5 Å². The SMILES string of the molecule is COC(=O)CCCCOc1cc(C=O)cc(OC)c1OC. The highest BCUT2D eigenvalue weighted by Crippen LogP contribution is 2.38. The third-order valence-corrected chi connectivity index (χ3v) is 2.86. The van der Waals surface area contributed by atoms with Crippen LogP contribution in [0.2, 0.25) is 0 Å². The minimum atomic E-state index is -0.239. The van der Waals surface area contributed by atoms with E-state index in [-0.39, 0.29) is 5.97 Å².